The smallest absolute Gasteiger partial charge is 0.237 e. The number of hydrogen-bond donors (Lipinski definition) is 1. The average Bonchev–Trinajstić information content (AvgIpc) is 2.91. The standard InChI is InChI=1S/C13H17N5O3S/c1-8(22-13-15-16-17-18(13)2)12(19)14-9-5-10(20-3)7-11(6-9)21-4/h5-8H,1-4H3,(H,14,19). The summed E-state index contributed by atoms with van der Waals surface area (Å²) in [4.78, 5) is 12.3. The molecule has 1 aromatic heterocycles. The molecule has 118 valence electrons. The van der Waals surface area contributed by atoms with Crippen LogP contribution in [0.1, 0.15) is 6.92 Å². The number of rotatable bonds is 6. The largest absolute Gasteiger partial charge is 0.497 e. The van der Waals surface area contributed by atoms with Crippen LogP contribution in [0.25, 0.3) is 0 Å². The molecule has 8 nitrogen and oxygen atoms in total. The predicted octanol–water partition coefficient (Wildman–Crippen LogP) is 1.35. The fraction of sp³-hybridized carbons (Fsp3) is 0.385. The summed E-state index contributed by atoms with van der Waals surface area (Å²) in [5.41, 5.74) is 0.602. The third-order valence-corrected chi connectivity index (χ3v) is 3.98. The van der Waals surface area contributed by atoms with Gasteiger partial charge in [-0.05, 0) is 17.4 Å². The number of carbonyl (C=O) groups excluding carboxylic acids is 1. The Hall–Kier alpha value is -2.29. The van der Waals surface area contributed by atoms with E-state index in [9.17, 15) is 4.79 Å². The molecule has 2 rings (SSSR count). The number of benzene rings is 1. The van der Waals surface area contributed by atoms with Crippen molar-refractivity contribution in [3.05, 3.63) is 18.2 Å². The molecule has 2 aromatic rings. The summed E-state index contributed by atoms with van der Waals surface area (Å²) in [6, 6.07) is 5.18. The molecule has 1 atom stereocenters. The molecule has 0 spiro atoms. The molecule has 1 amide bonds. The average molecular weight is 323 g/mol. The van der Waals surface area contributed by atoms with E-state index in [4.69, 9.17) is 9.47 Å². The van der Waals surface area contributed by atoms with Gasteiger partial charge in [0, 0.05) is 30.9 Å². The number of tetrazole rings is 1. The number of anilines is 1. The quantitative estimate of drug-likeness (QED) is 0.802. The summed E-state index contributed by atoms with van der Waals surface area (Å²) in [6.07, 6.45) is 0. The molecular formula is C13H17N5O3S. The van der Waals surface area contributed by atoms with E-state index < -0.39 is 0 Å². The van der Waals surface area contributed by atoms with Crippen molar-refractivity contribution >= 4 is 23.4 Å². The first-order valence-corrected chi connectivity index (χ1v) is 7.34. The summed E-state index contributed by atoms with van der Waals surface area (Å²) in [7, 11) is 4.83. The first kappa shape index (κ1) is 16.1. The summed E-state index contributed by atoms with van der Waals surface area (Å²) < 4.78 is 11.9. The Balaban J connectivity index is 2.06. The van der Waals surface area contributed by atoms with Gasteiger partial charge < -0.3 is 14.8 Å². The van der Waals surface area contributed by atoms with Crippen molar-refractivity contribution in [2.45, 2.75) is 17.3 Å². The number of aryl methyl sites for hydroxylation is 1. The van der Waals surface area contributed by atoms with Crippen LogP contribution in [0.4, 0.5) is 5.69 Å². The van der Waals surface area contributed by atoms with Crippen LogP contribution >= 0.6 is 11.8 Å². The van der Waals surface area contributed by atoms with E-state index in [0.717, 1.165) is 0 Å². The van der Waals surface area contributed by atoms with Crippen LogP contribution in [-0.2, 0) is 11.8 Å². The molecule has 1 N–H and O–H groups in total. The van der Waals surface area contributed by atoms with E-state index in [1.165, 1.54) is 16.4 Å². The first-order chi connectivity index (χ1) is 10.5. The highest BCUT2D eigenvalue weighted by atomic mass is 32.2. The van der Waals surface area contributed by atoms with Gasteiger partial charge >= 0.3 is 0 Å². The fourth-order valence-corrected chi connectivity index (χ4v) is 2.41. The number of ether oxygens (including phenoxy) is 2. The molecule has 0 radical (unpaired) electrons. The van der Waals surface area contributed by atoms with Crippen molar-refractivity contribution in [2.75, 3.05) is 19.5 Å². The summed E-state index contributed by atoms with van der Waals surface area (Å²) >= 11 is 1.28. The number of methoxy groups -OCH3 is 2. The van der Waals surface area contributed by atoms with Crippen LogP contribution in [0.2, 0.25) is 0 Å². The minimum Gasteiger partial charge on any atom is -0.497 e. The topological polar surface area (TPSA) is 91.2 Å². The summed E-state index contributed by atoms with van der Waals surface area (Å²) in [6.45, 7) is 1.78. The summed E-state index contributed by atoms with van der Waals surface area (Å²) in [5, 5.41) is 14.2. The van der Waals surface area contributed by atoms with Gasteiger partial charge in [0.2, 0.25) is 11.1 Å². The Morgan fingerprint density at radius 2 is 1.91 bits per heavy atom. The van der Waals surface area contributed by atoms with Crippen LogP contribution in [-0.4, -0.2) is 45.6 Å². The van der Waals surface area contributed by atoms with Gasteiger partial charge in [-0.3, -0.25) is 4.79 Å². The van der Waals surface area contributed by atoms with Crippen molar-refractivity contribution in [2.24, 2.45) is 7.05 Å². The Kier molecular flexibility index (Phi) is 5.21. The molecule has 0 saturated carbocycles. The fourth-order valence-electron chi connectivity index (χ4n) is 1.66. The molecule has 1 aromatic carbocycles. The van der Waals surface area contributed by atoms with Crippen LogP contribution in [0.5, 0.6) is 11.5 Å². The lowest BCUT2D eigenvalue weighted by Gasteiger charge is -2.13. The number of hydrogen-bond acceptors (Lipinski definition) is 7. The zero-order valence-electron chi connectivity index (χ0n) is 12.7. The van der Waals surface area contributed by atoms with Gasteiger partial charge in [0.25, 0.3) is 0 Å². The number of nitrogens with one attached hydrogen (secondary N) is 1. The second-order valence-electron chi connectivity index (χ2n) is 4.44. The van der Waals surface area contributed by atoms with E-state index in [1.807, 2.05) is 0 Å². The second-order valence-corrected chi connectivity index (χ2v) is 5.74. The Bertz CT molecular complexity index is 639. The van der Waals surface area contributed by atoms with Gasteiger partial charge in [0.05, 0.1) is 19.5 Å². The molecule has 1 heterocycles. The molecule has 0 aliphatic heterocycles. The maximum absolute atomic E-state index is 12.3. The van der Waals surface area contributed by atoms with Crippen LogP contribution in [0.15, 0.2) is 23.4 Å². The number of thioether (sulfide) groups is 1. The van der Waals surface area contributed by atoms with Gasteiger partial charge in [-0.15, -0.1) is 5.10 Å². The zero-order valence-corrected chi connectivity index (χ0v) is 13.5. The lowest BCUT2D eigenvalue weighted by molar-refractivity contribution is -0.115. The van der Waals surface area contributed by atoms with Crippen LogP contribution in [0.3, 0.4) is 0 Å². The molecular weight excluding hydrogens is 306 g/mol. The van der Waals surface area contributed by atoms with Crippen LogP contribution < -0.4 is 14.8 Å². The maximum Gasteiger partial charge on any atom is 0.237 e. The van der Waals surface area contributed by atoms with Crippen molar-refractivity contribution in [1.29, 1.82) is 0 Å². The normalized spacial score (nSPS) is 11.8. The third-order valence-electron chi connectivity index (χ3n) is 2.85. The van der Waals surface area contributed by atoms with Gasteiger partial charge in [-0.25, -0.2) is 4.68 Å². The van der Waals surface area contributed by atoms with E-state index in [1.54, 1.807) is 46.4 Å². The van der Waals surface area contributed by atoms with Crippen molar-refractivity contribution < 1.29 is 14.3 Å². The van der Waals surface area contributed by atoms with Gasteiger partial charge in [-0.1, -0.05) is 11.8 Å². The highest BCUT2D eigenvalue weighted by molar-refractivity contribution is 8.00. The van der Waals surface area contributed by atoms with Gasteiger partial charge in [0.1, 0.15) is 11.5 Å². The van der Waals surface area contributed by atoms with Gasteiger partial charge in [0.15, 0.2) is 0 Å². The van der Waals surface area contributed by atoms with Crippen molar-refractivity contribution in [3.63, 3.8) is 0 Å². The summed E-state index contributed by atoms with van der Waals surface area (Å²) in [5.74, 6) is 1.04. The highest BCUT2D eigenvalue weighted by Crippen LogP contribution is 2.27. The molecule has 9 heteroatoms. The minimum atomic E-state index is -0.359. The van der Waals surface area contributed by atoms with E-state index in [2.05, 4.69) is 20.8 Å². The Morgan fingerprint density at radius 1 is 1.27 bits per heavy atom. The third kappa shape index (κ3) is 3.88. The zero-order chi connectivity index (χ0) is 16.1. The molecule has 22 heavy (non-hydrogen) atoms. The number of carbonyl (C=O) groups is 1. The molecule has 0 aliphatic carbocycles. The number of amides is 1. The SMILES string of the molecule is COc1cc(NC(=O)C(C)Sc2nnnn2C)cc(OC)c1. The van der Waals surface area contributed by atoms with Crippen LogP contribution in [0, 0.1) is 0 Å². The van der Waals surface area contributed by atoms with Crippen molar-refractivity contribution in [3.8, 4) is 11.5 Å². The minimum absolute atomic E-state index is 0.164. The van der Waals surface area contributed by atoms with Crippen molar-refractivity contribution in [1.82, 2.24) is 20.2 Å². The Labute approximate surface area is 132 Å². The second kappa shape index (κ2) is 7.12. The molecule has 1 unspecified atom stereocenters. The number of aromatic nitrogens is 4. The lowest BCUT2D eigenvalue weighted by Crippen LogP contribution is -2.22. The van der Waals surface area contributed by atoms with E-state index in [0.29, 0.717) is 22.3 Å². The van der Waals surface area contributed by atoms with Gasteiger partial charge in [-0.2, -0.15) is 0 Å². The molecule has 0 aliphatic rings. The highest BCUT2D eigenvalue weighted by Gasteiger charge is 2.18. The first-order valence-electron chi connectivity index (χ1n) is 6.46. The van der Waals surface area contributed by atoms with E-state index >= 15 is 0 Å². The molecule has 0 bridgehead atoms. The molecule has 0 saturated heterocycles. The molecule has 0 fully saturated rings. The maximum atomic E-state index is 12.3. The van der Waals surface area contributed by atoms with E-state index in [-0.39, 0.29) is 11.2 Å². The monoisotopic (exact) mass is 323 g/mol. The predicted molar refractivity (Wildman–Crippen MR) is 82.3 cm³/mol. The lowest BCUT2D eigenvalue weighted by atomic mass is 10.2. The number of nitrogens with zero attached hydrogens (tertiary/aromatic N) is 4. The Morgan fingerprint density at radius 3 is 2.41 bits per heavy atom.